The van der Waals surface area contributed by atoms with Crippen molar-refractivity contribution in [1.29, 1.82) is 0 Å². The van der Waals surface area contributed by atoms with Gasteiger partial charge in [0.05, 0.1) is 13.2 Å². The lowest BCUT2D eigenvalue weighted by molar-refractivity contribution is -0.121. The van der Waals surface area contributed by atoms with E-state index >= 15 is 0 Å². The second kappa shape index (κ2) is 8.37. The van der Waals surface area contributed by atoms with Gasteiger partial charge in [-0.25, -0.2) is 0 Å². The zero-order valence-corrected chi connectivity index (χ0v) is 14.1. The van der Waals surface area contributed by atoms with Crippen molar-refractivity contribution in [2.24, 2.45) is 0 Å². The molecule has 0 saturated heterocycles. The molecule has 1 atom stereocenters. The summed E-state index contributed by atoms with van der Waals surface area (Å²) in [4.78, 5) is 12.1. The predicted molar refractivity (Wildman–Crippen MR) is 93.7 cm³/mol. The molecule has 0 radical (unpaired) electrons. The van der Waals surface area contributed by atoms with Crippen LogP contribution in [0.5, 0.6) is 5.75 Å². The maximum absolute atomic E-state index is 12.1. The van der Waals surface area contributed by atoms with Gasteiger partial charge in [0.1, 0.15) is 5.75 Å². The minimum atomic E-state index is -0.0610. The van der Waals surface area contributed by atoms with Crippen LogP contribution in [0.15, 0.2) is 48.5 Å². The Bertz CT molecular complexity index is 637. The fourth-order valence-electron chi connectivity index (χ4n) is 2.68. The summed E-state index contributed by atoms with van der Waals surface area (Å²) in [7, 11) is 1.66. The van der Waals surface area contributed by atoms with E-state index in [-0.39, 0.29) is 11.9 Å². The van der Waals surface area contributed by atoms with Crippen LogP contribution in [0.1, 0.15) is 42.5 Å². The summed E-state index contributed by atoms with van der Waals surface area (Å²) in [6.07, 6.45) is 2.32. The van der Waals surface area contributed by atoms with Crippen molar-refractivity contribution in [2.45, 2.75) is 39.2 Å². The summed E-state index contributed by atoms with van der Waals surface area (Å²) in [6.45, 7) is 4.03. The monoisotopic (exact) mass is 311 g/mol. The van der Waals surface area contributed by atoms with E-state index in [1.165, 1.54) is 5.56 Å². The van der Waals surface area contributed by atoms with Crippen LogP contribution in [0.4, 0.5) is 0 Å². The predicted octanol–water partition coefficient (Wildman–Crippen LogP) is 4.20. The summed E-state index contributed by atoms with van der Waals surface area (Å²) >= 11 is 0. The van der Waals surface area contributed by atoms with Gasteiger partial charge in [0.15, 0.2) is 0 Å². The van der Waals surface area contributed by atoms with Gasteiger partial charge in [0.2, 0.25) is 5.91 Å². The third kappa shape index (κ3) is 5.13. The number of aryl methyl sites for hydroxylation is 2. The molecule has 1 amide bonds. The van der Waals surface area contributed by atoms with Crippen LogP contribution in [-0.4, -0.2) is 13.0 Å². The molecule has 3 nitrogen and oxygen atoms in total. The average molecular weight is 311 g/mol. The highest BCUT2D eigenvalue weighted by atomic mass is 16.5. The van der Waals surface area contributed by atoms with E-state index in [0.29, 0.717) is 6.42 Å². The molecular formula is C20H25NO2. The first-order chi connectivity index (χ1) is 11.1. The Labute approximate surface area is 138 Å². The third-order valence-electron chi connectivity index (χ3n) is 3.94. The Morgan fingerprint density at radius 1 is 1.17 bits per heavy atom. The van der Waals surface area contributed by atoms with Crippen molar-refractivity contribution in [1.82, 2.24) is 5.32 Å². The minimum absolute atomic E-state index is 0.0610. The topological polar surface area (TPSA) is 38.3 Å². The maximum Gasteiger partial charge on any atom is 0.220 e. The number of carbonyl (C=O) groups excluding carboxylic acids is 1. The maximum atomic E-state index is 12.1. The van der Waals surface area contributed by atoms with Crippen LogP contribution in [0.25, 0.3) is 0 Å². The number of amides is 1. The van der Waals surface area contributed by atoms with Gasteiger partial charge in [-0.3, -0.25) is 4.79 Å². The molecule has 1 N–H and O–H groups in total. The van der Waals surface area contributed by atoms with E-state index in [9.17, 15) is 4.79 Å². The fourth-order valence-corrected chi connectivity index (χ4v) is 2.68. The largest absolute Gasteiger partial charge is 0.496 e. The molecule has 0 saturated carbocycles. The molecule has 0 fully saturated rings. The molecular weight excluding hydrogens is 286 g/mol. The lowest BCUT2D eigenvalue weighted by atomic mass is 10.0. The molecule has 0 unspecified atom stereocenters. The van der Waals surface area contributed by atoms with Gasteiger partial charge in [0.25, 0.3) is 0 Å². The van der Waals surface area contributed by atoms with Crippen LogP contribution in [0.2, 0.25) is 0 Å². The van der Waals surface area contributed by atoms with Gasteiger partial charge in [-0.15, -0.1) is 0 Å². The van der Waals surface area contributed by atoms with Gasteiger partial charge in [0, 0.05) is 12.0 Å². The van der Waals surface area contributed by atoms with Crippen LogP contribution in [0.3, 0.4) is 0 Å². The summed E-state index contributed by atoms with van der Waals surface area (Å²) in [5.41, 5.74) is 3.45. The molecule has 23 heavy (non-hydrogen) atoms. The Morgan fingerprint density at radius 3 is 2.61 bits per heavy atom. The molecule has 2 rings (SSSR count). The highest BCUT2D eigenvalue weighted by Crippen LogP contribution is 2.26. The summed E-state index contributed by atoms with van der Waals surface area (Å²) in [6, 6.07) is 16.2. The van der Waals surface area contributed by atoms with Crippen LogP contribution >= 0.6 is 0 Å². The first kappa shape index (κ1) is 17.1. The Morgan fingerprint density at radius 2 is 1.91 bits per heavy atom. The van der Waals surface area contributed by atoms with Gasteiger partial charge in [-0.2, -0.15) is 0 Å². The summed E-state index contributed by atoms with van der Waals surface area (Å²) < 4.78 is 5.39. The van der Waals surface area contributed by atoms with E-state index in [1.807, 2.05) is 44.2 Å². The molecule has 0 aromatic heterocycles. The van der Waals surface area contributed by atoms with Crippen molar-refractivity contribution in [3.05, 3.63) is 65.2 Å². The fraction of sp³-hybridized carbons (Fsp3) is 0.350. The van der Waals surface area contributed by atoms with E-state index in [2.05, 4.69) is 23.5 Å². The SMILES string of the molecule is COc1ccc(C)cc1[C@H](C)NC(=O)CCCc1ccccc1. The molecule has 0 aliphatic rings. The van der Waals surface area contributed by atoms with Gasteiger partial charge < -0.3 is 10.1 Å². The molecule has 0 bridgehead atoms. The highest BCUT2D eigenvalue weighted by molar-refractivity contribution is 5.76. The Kier molecular flexibility index (Phi) is 6.21. The van der Waals surface area contributed by atoms with E-state index in [0.717, 1.165) is 29.7 Å². The smallest absolute Gasteiger partial charge is 0.220 e. The third-order valence-corrected chi connectivity index (χ3v) is 3.94. The molecule has 2 aromatic rings. The standard InChI is InChI=1S/C20H25NO2/c1-15-12-13-19(23-3)18(14-15)16(2)21-20(22)11-7-10-17-8-5-4-6-9-17/h4-6,8-9,12-14,16H,7,10-11H2,1-3H3,(H,21,22)/t16-/m0/s1. The molecule has 0 aliphatic heterocycles. The van der Waals surface area contributed by atoms with Crippen molar-refractivity contribution in [2.75, 3.05) is 7.11 Å². The number of nitrogens with one attached hydrogen (secondary N) is 1. The first-order valence-corrected chi connectivity index (χ1v) is 8.08. The van der Waals surface area contributed by atoms with Crippen LogP contribution in [-0.2, 0) is 11.2 Å². The van der Waals surface area contributed by atoms with Crippen molar-refractivity contribution < 1.29 is 9.53 Å². The van der Waals surface area contributed by atoms with Gasteiger partial charge >= 0.3 is 0 Å². The normalized spacial score (nSPS) is 11.8. The number of hydrogen-bond donors (Lipinski definition) is 1. The number of rotatable bonds is 7. The lowest BCUT2D eigenvalue weighted by Gasteiger charge is -2.18. The first-order valence-electron chi connectivity index (χ1n) is 8.08. The summed E-state index contributed by atoms with van der Waals surface area (Å²) in [5, 5.41) is 3.07. The van der Waals surface area contributed by atoms with E-state index in [4.69, 9.17) is 4.74 Å². The minimum Gasteiger partial charge on any atom is -0.496 e. The van der Waals surface area contributed by atoms with E-state index < -0.39 is 0 Å². The zero-order chi connectivity index (χ0) is 16.7. The molecule has 0 heterocycles. The molecule has 0 spiro atoms. The van der Waals surface area contributed by atoms with Crippen molar-refractivity contribution >= 4 is 5.91 Å². The van der Waals surface area contributed by atoms with Gasteiger partial charge in [-0.05, 0) is 38.3 Å². The van der Waals surface area contributed by atoms with Gasteiger partial charge in [-0.1, -0.05) is 48.0 Å². The quantitative estimate of drug-likeness (QED) is 0.832. The molecule has 0 aliphatic carbocycles. The Balaban J connectivity index is 1.86. The second-order valence-corrected chi connectivity index (χ2v) is 5.87. The van der Waals surface area contributed by atoms with Crippen molar-refractivity contribution in [3.8, 4) is 5.75 Å². The zero-order valence-electron chi connectivity index (χ0n) is 14.1. The van der Waals surface area contributed by atoms with Crippen molar-refractivity contribution in [3.63, 3.8) is 0 Å². The van der Waals surface area contributed by atoms with E-state index in [1.54, 1.807) is 7.11 Å². The number of benzene rings is 2. The molecule has 2 aromatic carbocycles. The summed E-state index contributed by atoms with van der Waals surface area (Å²) in [5.74, 6) is 0.893. The second-order valence-electron chi connectivity index (χ2n) is 5.87. The molecule has 122 valence electrons. The van der Waals surface area contributed by atoms with Crippen LogP contribution < -0.4 is 10.1 Å². The number of hydrogen-bond acceptors (Lipinski definition) is 2. The lowest BCUT2D eigenvalue weighted by Crippen LogP contribution is -2.26. The number of carbonyl (C=O) groups is 1. The Hall–Kier alpha value is -2.29. The number of methoxy groups -OCH3 is 1. The molecule has 3 heteroatoms. The number of ether oxygens (including phenoxy) is 1. The average Bonchev–Trinajstić information content (AvgIpc) is 2.55. The van der Waals surface area contributed by atoms with Crippen LogP contribution in [0, 0.1) is 6.92 Å². The highest BCUT2D eigenvalue weighted by Gasteiger charge is 2.14.